The first kappa shape index (κ1) is 13.8. The van der Waals surface area contributed by atoms with Crippen LogP contribution in [0.2, 0.25) is 0 Å². The quantitative estimate of drug-likeness (QED) is 0.719. The van der Waals surface area contributed by atoms with Crippen LogP contribution in [-0.2, 0) is 13.0 Å². The number of hydrogen-bond acceptors (Lipinski definition) is 1. The van der Waals surface area contributed by atoms with Gasteiger partial charge >= 0.3 is 0 Å². The van der Waals surface area contributed by atoms with Crippen molar-refractivity contribution in [2.45, 2.75) is 19.4 Å². The highest BCUT2D eigenvalue weighted by Crippen LogP contribution is 2.35. The van der Waals surface area contributed by atoms with Gasteiger partial charge in [-0.3, -0.25) is 0 Å². The summed E-state index contributed by atoms with van der Waals surface area (Å²) < 4.78 is 16.3. The van der Waals surface area contributed by atoms with Crippen LogP contribution in [-0.4, -0.2) is 11.6 Å². The van der Waals surface area contributed by atoms with Crippen LogP contribution in [0.15, 0.2) is 48.7 Å². The number of benzene rings is 2. The third-order valence-corrected chi connectivity index (χ3v) is 3.99. The fraction of sp³-hybridized carbons (Fsp3) is 0.222. The standard InChI is InChI=1S/C17H14FN.CH5N/c18-16-9-2-1-7-13(16)15-11-19-10-4-6-12-5-3-8-14(15)17(12)19;1-2/h1-3,5,7-9,11H,4,6,10H2;2H2,1H3. The molecule has 0 unspecified atom stereocenters. The van der Waals surface area contributed by atoms with Crippen molar-refractivity contribution in [2.24, 2.45) is 5.73 Å². The number of nitrogens with zero attached hydrogens (tertiary/aromatic N) is 1. The molecule has 2 aromatic carbocycles. The van der Waals surface area contributed by atoms with Crippen molar-refractivity contribution in [3.8, 4) is 11.1 Å². The van der Waals surface area contributed by atoms with Crippen LogP contribution in [0.3, 0.4) is 0 Å². The van der Waals surface area contributed by atoms with Crippen molar-refractivity contribution in [1.82, 2.24) is 4.57 Å². The third kappa shape index (κ3) is 2.24. The second-order valence-corrected chi connectivity index (χ2v) is 5.13. The van der Waals surface area contributed by atoms with Gasteiger partial charge in [0, 0.05) is 29.3 Å². The van der Waals surface area contributed by atoms with Crippen molar-refractivity contribution >= 4 is 10.9 Å². The number of rotatable bonds is 1. The largest absolute Gasteiger partial charge is 0.347 e. The molecule has 2 nitrogen and oxygen atoms in total. The van der Waals surface area contributed by atoms with Gasteiger partial charge in [-0.05, 0) is 31.5 Å². The van der Waals surface area contributed by atoms with E-state index in [4.69, 9.17) is 0 Å². The molecular formula is C18H19FN2. The van der Waals surface area contributed by atoms with Crippen molar-refractivity contribution in [3.63, 3.8) is 0 Å². The van der Waals surface area contributed by atoms with Crippen LogP contribution in [0, 0.1) is 5.82 Å². The molecule has 108 valence electrons. The zero-order chi connectivity index (χ0) is 14.8. The van der Waals surface area contributed by atoms with Gasteiger partial charge in [-0.15, -0.1) is 0 Å². The molecule has 4 rings (SSSR count). The van der Waals surface area contributed by atoms with E-state index in [0.717, 1.165) is 24.9 Å². The van der Waals surface area contributed by atoms with Gasteiger partial charge in [0.25, 0.3) is 0 Å². The van der Waals surface area contributed by atoms with Crippen molar-refractivity contribution in [1.29, 1.82) is 0 Å². The van der Waals surface area contributed by atoms with Gasteiger partial charge in [0.05, 0.1) is 5.52 Å². The van der Waals surface area contributed by atoms with E-state index in [9.17, 15) is 4.39 Å². The van der Waals surface area contributed by atoms with Crippen LogP contribution in [0.5, 0.6) is 0 Å². The highest BCUT2D eigenvalue weighted by Gasteiger charge is 2.17. The molecule has 1 aliphatic rings. The van der Waals surface area contributed by atoms with Crippen LogP contribution < -0.4 is 5.73 Å². The van der Waals surface area contributed by atoms with Crippen LogP contribution in [0.1, 0.15) is 12.0 Å². The Morgan fingerprint density at radius 1 is 1.00 bits per heavy atom. The molecule has 0 amide bonds. The van der Waals surface area contributed by atoms with Gasteiger partial charge in [-0.25, -0.2) is 4.39 Å². The Morgan fingerprint density at radius 3 is 2.62 bits per heavy atom. The van der Waals surface area contributed by atoms with E-state index >= 15 is 0 Å². The molecule has 0 aliphatic carbocycles. The van der Waals surface area contributed by atoms with Crippen LogP contribution in [0.4, 0.5) is 4.39 Å². The summed E-state index contributed by atoms with van der Waals surface area (Å²) in [6.07, 6.45) is 4.39. The van der Waals surface area contributed by atoms with Crippen molar-refractivity contribution in [2.75, 3.05) is 7.05 Å². The zero-order valence-electron chi connectivity index (χ0n) is 12.1. The molecule has 0 spiro atoms. The summed E-state index contributed by atoms with van der Waals surface area (Å²) in [5.74, 6) is -0.147. The number of nitrogens with two attached hydrogens (primary N) is 1. The van der Waals surface area contributed by atoms with E-state index in [1.54, 1.807) is 6.07 Å². The SMILES string of the molecule is CN.Fc1ccccc1-c1cn2c3c(cccc13)CCC2. The molecule has 2 heterocycles. The highest BCUT2D eigenvalue weighted by atomic mass is 19.1. The molecule has 1 aromatic heterocycles. The number of para-hydroxylation sites is 1. The number of aromatic nitrogens is 1. The molecule has 0 saturated heterocycles. The van der Waals surface area contributed by atoms with E-state index in [-0.39, 0.29) is 5.82 Å². The lowest BCUT2D eigenvalue weighted by atomic mass is 10.00. The first-order valence-electron chi connectivity index (χ1n) is 7.28. The number of hydrogen-bond donors (Lipinski definition) is 1. The monoisotopic (exact) mass is 282 g/mol. The van der Waals surface area contributed by atoms with E-state index in [1.165, 1.54) is 29.6 Å². The van der Waals surface area contributed by atoms with Gasteiger partial charge in [0.15, 0.2) is 0 Å². The Morgan fingerprint density at radius 2 is 1.81 bits per heavy atom. The summed E-state index contributed by atoms with van der Waals surface area (Å²) in [6.45, 7) is 1.03. The number of aryl methyl sites for hydroxylation is 2. The summed E-state index contributed by atoms with van der Waals surface area (Å²) in [7, 11) is 1.50. The minimum atomic E-state index is -0.147. The summed E-state index contributed by atoms with van der Waals surface area (Å²) in [4.78, 5) is 0. The molecule has 21 heavy (non-hydrogen) atoms. The average Bonchev–Trinajstić information content (AvgIpc) is 2.91. The van der Waals surface area contributed by atoms with Crippen molar-refractivity contribution < 1.29 is 4.39 Å². The van der Waals surface area contributed by atoms with Crippen LogP contribution in [0.25, 0.3) is 22.0 Å². The van der Waals surface area contributed by atoms with Crippen molar-refractivity contribution in [3.05, 3.63) is 60.0 Å². The molecule has 0 atom stereocenters. The Hall–Kier alpha value is -2.13. The smallest absolute Gasteiger partial charge is 0.131 e. The topological polar surface area (TPSA) is 30.9 Å². The fourth-order valence-corrected chi connectivity index (χ4v) is 3.15. The predicted octanol–water partition coefficient (Wildman–Crippen LogP) is 3.97. The molecule has 0 saturated carbocycles. The Labute approximate surface area is 124 Å². The first-order chi connectivity index (χ1) is 10.3. The summed E-state index contributed by atoms with van der Waals surface area (Å²) >= 11 is 0. The molecule has 3 heteroatoms. The molecule has 3 aromatic rings. The summed E-state index contributed by atoms with van der Waals surface area (Å²) in [5.41, 5.74) is 8.88. The minimum Gasteiger partial charge on any atom is -0.347 e. The zero-order valence-corrected chi connectivity index (χ0v) is 12.1. The highest BCUT2D eigenvalue weighted by molar-refractivity contribution is 5.98. The second-order valence-electron chi connectivity index (χ2n) is 5.13. The van der Waals surface area contributed by atoms with Gasteiger partial charge in [-0.2, -0.15) is 0 Å². The summed E-state index contributed by atoms with van der Waals surface area (Å²) in [5, 5.41) is 1.17. The lowest BCUT2D eigenvalue weighted by Gasteiger charge is -2.14. The lowest BCUT2D eigenvalue weighted by molar-refractivity contribution is 0.629. The number of halogens is 1. The molecule has 0 bridgehead atoms. The minimum absolute atomic E-state index is 0.147. The maximum Gasteiger partial charge on any atom is 0.131 e. The maximum atomic E-state index is 14.0. The van der Waals surface area contributed by atoms with E-state index < -0.39 is 0 Å². The molecule has 0 fully saturated rings. The molecular weight excluding hydrogens is 263 g/mol. The summed E-state index contributed by atoms with van der Waals surface area (Å²) in [6, 6.07) is 13.4. The molecule has 2 N–H and O–H groups in total. The fourth-order valence-electron chi connectivity index (χ4n) is 3.15. The lowest BCUT2D eigenvalue weighted by Crippen LogP contribution is -2.05. The second kappa shape index (κ2) is 5.70. The van der Waals surface area contributed by atoms with Crippen LogP contribution >= 0.6 is 0 Å². The Bertz CT molecular complexity index is 774. The maximum absolute atomic E-state index is 14.0. The van der Waals surface area contributed by atoms with E-state index in [2.05, 4.69) is 34.7 Å². The first-order valence-corrected chi connectivity index (χ1v) is 7.28. The van der Waals surface area contributed by atoms with Gasteiger partial charge < -0.3 is 10.3 Å². The predicted molar refractivity (Wildman–Crippen MR) is 85.8 cm³/mol. The normalized spacial score (nSPS) is 12.9. The third-order valence-electron chi connectivity index (χ3n) is 3.99. The van der Waals surface area contributed by atoms with Gasteiger partial charge in [0.1, 0.15) is 5.82 Å². The van der Waals surface area contributed by atoms with E-state index in [1.807, 2.05) is 12.1 Å². The van der Waals surface area contributed by atoms with Gasteiger partial charge in [0.2, 0.25) is 0 Å². The average molecular weight is 282 g/mol. The Kier molecular flexibility index (Phi) is 3.76. The van der Waals surface area contributed by atoms with E-state index in [0.29, 0.717) is 5.56 Å². The Balaban J connectivity index is 0.000000636. The molecule has 1 aliphatic heterocycles. The molecule has 0 radical (unpaired) electrons. The van der Waals surface area contributed by atoms with Gasteiger partial charge in [-0.1, -0.05) is 36.4 Å².